The highest BCUT2D eigenvalue weighted by Crippen LogP contribution is 2.57. The molecule has 1 saturated carbocycles. The molecule has 3 aliphatic carbocycles. The van der Waals surface area contributed by atoms with E-state index < -0.39 is 68.7 Å². The molecule has 1 amide bonds. The predicted octanol–water partition coefficient (Wildman–Crippen LogP) is -0.0345. The average Bonchev–Trinajstić information content (AvgIpc) is 3.41. The maximum absolute atomic E-state index is 14.0. The van der Waals surface area contributed by atoms with Crippen molar-refractivity contribution in [1.82, 2.24) is 15.1 Å². The molecule has 0 radical (unpaired) electrons. The maximum Gasteiger partial charge on any atom is 0.291 e. The summed E-state index contributed by atoms with van der Waals surface area (Å²) >= 11 is 0. The number of aliphatic hydroxyl groups excluding tert-OH is 2. The highest BCUT2D eigenvalue weighted by atomic mass is 16.9. The van der Waals surface area contributed by atoms with E-state index >= 15 is 0 Å². The molecule has 4 aliphatic rings. The number of benzene rings is 1. The molecule has 1 heterocycles. The van der Waals surface area contributed by atoms with E-state index in [0.717, 1.165) is 25.9 Å². The first-order valence-corrected chi connectivity index (χ1v) is 13.3. The van der Waals surface area contributed by atoms with Crippen LogP contribution in [0.2, 0.25) is 0 Å². The number of phenols is 1. The van der Waals surface area contributed by atoms with Crippen LogP contribution in [0.5, 0.6) is 5.75 Å². The second-order valence-corrected chi connectivity index (χ2v) is 11.3. The number of aliphatic hydroxyl groups is 4. The van der Waals surface area contributed by atoms with E-state index in [9.17, 15) is 39.9 Å². The highest BCUT2D eigenvalue weighted by molar-refractivity contribution is 6.25. The third-order valence-electron chi connectivity index (χ3n) is 8.66. The molecule has 1 aromatic rings. The first-order valence-electron chi connectivity index (χ1n) is 13.3. The van der Waals surface area contributed by atoms with Crippen LogP contribution in [-0.2, 0) is 20.0 Å². The van der Waals surface area contributed by atoms with E-state index in [-0.39, 0.29) is 35.5 Å². The van der Waals surface area contributed by atoms with Crippen LogP contribution >= 0.6 is 0 Å². The number of carbonyl (C=O) groups is 3. The van der Waals surface area contributed by atoms with E-state index in [1.54, 1.807) is 14.1 Å². The van der Waals surface area contributed by atoms with Crippen molar-refractivity contribution in [3.8, 4) is 5.75 Å². The molecule has 1 unspecified atom stereocenters. The van der Waals surface area contributed by atoms with Crippen LogP contribution in [0.15, 0.2) is 35.1 Å². The van der Waals surface area contributed by atoms with Crippen molar-refractivity contribution in [2.24, 2.45) is 11.8 Å². The molecule has 228 valence electrons. The topological polar surface area (TPSA) is 234 Å². The minimum Gasteiger partial charge on any atom is -0.508 e. The molecule has 1 saturated heterocycles. The van der Waals surface area contributed by atoms with Gasteiger partial charge in [0.2, 0.25) is 5.78 Å². The number of phenolic OH excluding ortho intramolecular Hbond substituents is 1. The lowest BCUT2D eigenvalue weighted by atomic mass is 9.54. The van der Waals surface area contributed by atoms with Gasteiger partial charge in [0, 0.05) is 17.4 Å². The first-order chi connectivity index (χ1) is 19.6. The lowest BCUT2D eigenvalue weighted by Gasteiger charge is -2.53. The number of likely N-dealkylation sites (tertiary alicyclic amines) is 1. The smallest absolute Gasteiger partial charge is 0.291 e. The predicted molar refractivity (Wildman–Crippen MR) is 144 cm³/mol. The molecule has 0 aromatic heterocycles. The highest BCUT2D eigenvalue weighted by Gasteiger charge is 2.66. The summed E-state index contributed by atoms with van der Waals surface area (Å²) in [5.74, 6) is -7.17. The Hall–Kier alpha value is -4.05. The van der Waals surface area contributed by atoms with Gasteiger partial charge in [0.05, 0.1) is 23.9 Å². The zero-order valence-electron chi connectivity index (χ0n) is 23.3. The Morgan fingerprint density at radius 1 is 1.17 bits per heavy atom. The van der Waals surface area contributed by atoms with Gasteiger partial charge >= 0.3 is 0 Å². The minimum absolute atomic E-state index is 0.137. The van der Waals surface area contributed by atoms with Gasteiger partial charge in [-0.15, -0.1) is 10.1 Å². The Labute approximate surface area is 240 Å². The SMILES string of the molecule is CN(C)[C@@H]1C(=O)C(C(=O)NCN2CCCC2)=C(O)[C@@]2(O)C(=O)C3=C(O)c4c(O)cccc4[C@@](C)(O)C3C[C@@H]12.O=[N+]([O-])O. The fourth-order valence-corrected chi connectivity index (χ4v) is 6.70. The van der Waals surface area contributed by atoms with Gasteiger partial charge in [-0.05, 0) is 65.0 Å². The summed E-state index contributed by atoms with van der Waals surface area (Å²) in [5, 5.41) is 72.6. The maximum atomic E-state index is 14.0. The molecule has 42 heavy (non-hydrogen) atoms. The van der Waals surface area contributed by atoms with Gasteiger partial charge in [0.15, 0.2) is 11.4 Å². The molecule has 1 aliphatic heterocycles. The Morgan fingerprint density at radius 2 is 1.76 bits per heavy atom. The molecular weight excluding hydrogens is 556 g/mol. The number of fused-ring (bicyclic) bond motifs is 3. The van der Waals surface area contributed by atoms with Crippen molar-refractivity contribution in [1.29, 1.82) is 0 Å². The molecule has 2 fully saturated rings. The lowest BCUT2D eigenvalue weighted by Crippen LogP contribution is -2.67. The van der Waals surface area contributed by atoms with Crippen LogP contribution in [0.4, 0.5) is 0 Å². The van der Waals surface area contributed by atoms with Crippen LogP contribution in [-0.4, -0.2) is 109 Å². The monoisotopic (exact) mass is 590 g/mol. The van der Waals surface area contributed by atoms with E-state index in [0.29, 0.717) is 0 Å². The second kappa shape index (κ2) is 11.0. The van der Waals surface area contributed by atoms with Crippen LogP contribution < -0.4 is 5.32 Å². The molecule has 15 heteroatoms. The van der Waals surface area contributed by atoms with Crippen LogP contribution in [0.1, 0.15) is 37.3 Å². The molecule has 5 rings (SSSR count). The van der Waals surface area contributed by atoms with Crippen molar-refractivity contribution in [3.63, 3.8) is 0 Å². The number of hydrogen-bond acceptors (Lipinski definition) is 12. The fraction of sp³-hybridized carbons (Fsp3) is 0.519. The largest absolute Gasteiger partial charge is 0.508 e. The number of ketones is 2. The van der Waals surface area contributed by atoms with E-state index in [1.807, 2.05) is 4.90 Å². The summed E-state index contributed by atoms with van der Waals surface area (Å²) in [7, 11) is 3.12. The van der Waals surface area contributed by atoms with Crippen molar-refractivity contribution in [2.75, 3.05) is 33.9 Å². The number of nitrogens with one attached hydrogen (secondary N) is 1. The summed E-state index contributed by atoms with van der Waals surface area (Å²) in [6.07, 6.45) is 1.78. The number of carbonyl (C=O) groups excluding carboxylic acids is 3. The third-order valence-corrected chi connectivity index (χ3v) is 8.66. The van der Waals surface area contributed by atoms with Gasteiger partial charge in [0.25, 0.3) is 11.0 Å². The average molecular weight is 591 g/mol. The normalized spacial score (nSPS) is 30.8. The van der Waals surface area contributed by atoms with Gasteiger partial charge in [-0.2, -0.15) is 0 Å². The van der Waals surface area contributed by atoms with Crippen LogP contribution in [0.3, 0.4) is 0 Å². The zero-order chi connectivity index (χ0) is 31.3. The van der Waals surface area contributed by atoms with Gasteiger partial charge in [-0.25, -0.2) is 0 Å². The Morgan fingerprint density at radius 3 is 2.33 bits per heavy atom. The van der Waals surface area contributed by atoms with E-state index in [4.69, 9.17) is 15.3 Å². The first kappa shape index (κ1) is 30.9. The van der Waals surface area contributed by atoms with Crippen molar-refractivity contribution < 1.29 is 50.2 Å². The van der Waals surface area contributed by atoms with Crippen molar-refractivity contribution in [2.45, 2.75) is 43.4 Å². The number of hydrogen-bond donors (Lipinski definition) is 7. The summed E-state index contributed by atoms with van der Waals surface area (Å²) in [4.78, 5) is 52.6. The molecule has 0 spiro atoms. The van der Waals surface area contributed by atoms with Crippen molar-refractivity contribution >= 4 is 23.2 Å². The van der Waals surface area contributed by atoms with Gasteiger partial charge < -0.3 is 36.1 Å². The molecule has 0 bridgehead atoms. The molecule has 15 nitrogen and oxygen atoms in total. The van der Waals surface area contributed by atoms with Crippen LogP contribution in [0, 0.1) is 22.0 Å². The lowest BCUT2D eigenvalue weighted by molar-refractivity contribution is -0.742. The third kappa shape index (κ3) is 4.77. The van der Waals surface area contributed by atoms with Gasteiger partial charge in [0.1, 0.15) is 22.8 Å². The van der Waals surface area contributed by atoms with E-state index in [2.05, 4.69) is 5.32 Å². The minimum atomic E-state index is -2.72. The number of rotatable bonds is 4. The zero-order valence-corrected chi connectivity index (χ0v) is 23.3. The molecular formula is C27H34N4O11. The fourth-order valence-electron chi connectivity index (χ4n) is 6.70. The van der Waals surface area contributed by atoms with Gasteiger partial charge in [-0.3, -0.25) is 24.2 Å². The standard InChI is InChI=1S/C27H33N3O8.HNO3/c1-26(37)13-7-6-8-16(31)17(13)21(32)18-14(26)11-15-20(29(2)3)22(33)19(24(35)27(15,38)23(18)34)25(36)28-12-30-9-4-5-10-30;2-1(3)4/h6-8,14-15,20,31-32,35,37-38H,4-5,9-12H2,1-3H3,(H,28,36);(H,2,3,4)/t14?,15-,20-,26+,27-;/m0./s1. The number of nitrogens with zero attached hydrogens (tertiary/aromatic N) is 3. The van der Waals surface area contributed by atoms with Crippen LogP contribution in [0.25, 0.3) is 5.76 Å². The Balaban J connectivity index is 0.000000952. The summed E-state index contributed by atoms with van der Waals surface area (Å²) < 4.78 is 0. The number of amides is 1. The van der Waals surface area contributed by atoms with E-state index in [1.165, 1.54) is 30.0 Å². The van der Waals surface area contributed by atoms with Crippen molar-refractivity contribution in [3.05, 3.63) is 56.3 Å². The second-order valence-electron chi connectivity index (χ2n) is 11.3. The summed E-state index contributed by atoms with van der Waals surface area (Å²) in [6.45, 7) is 3.11. The number of Topliss-reactive ketones (excluding diaryl/α,β-unsaturated/α-hetero) is 2. The molecule has 5 atom stereocenters. The Kier molecular flexibility index (Phi) is 8.08. The summed E-state index contributed by atoms with van der Waals surface area (Å²) in [5.41, 5.74) is -5.54. The number of aromatic hydroxyl groups is 1. The quantitative estimate of drug-likeness (QED) is 0.139. The summed E-state index contributed by atoms with van der Waals surface area (Å²) in [6, 6.07) is 3.12. The molecule has 1 aromatic carbocycles. The number of likely N-dealkylation sites (N-methyl/N-ethyl adjacent to an activating group) is 1. The van der Waals surface area contributed by atoms with Gasteiger partial charge in [-0.1, -0.05) is 12.1 Å². The Bertz CT molecular complexity index is 1390. The molecule has 7 N–H and O–H groups in total.